The molecule has 0 aliphatic carbocycles. The van der Waals surface area contributed by atoms with E-state index in [1.165, 1.54) is 12.1 Å². The zero-order valence-electron chi connectivity index (χ0n) is 11.1. The average molecular weight is 250 g/mol. The average Bonchev–Trinajstić information content (AvgIpc) is 2.17. The molecule has 0 aliphatic heterocycles. The molecule has 0 saturated heterocycles. The number of nitrogens with zero attached hydrogens (tertiary/aromatic N) is 1. The molecule has 1 aromatic rings. The fourth-order valence-corrected chi connectivity index (χ4v) is 1.58. The van der Waals surface area contributed by atoms with Gasteiger partial charge in [0.15, 0.2) is 0 Å². The van der Waals surface area contributed by atoms with Gasteiger partial charge in [-0.2, -0.15) is 0 Å². The molecular formula is C13H18N2O3. The van der Waals surface area contributed by atoms with Crippen LogP contribution in [0.2, 0.25) is 0 Å². The summed E-state index contributed by atoms with van der Waals surface area (Å²) >= 11 is 0. The normalized spacial score (nSPS) is 11.1. The molecule has 0 bridgehead atoms. The zero-order chi connectivity index (χ0) is 13.9. The van der Waals surface area contributed by atoms with Gasteiger partial charge < -0.3 is 5.32 Å². The van der Waals surface area contributed by atoms with E-state index in [9.17, 15) is 14.9 Å². The molecule has 0 spiro atoms. The van der Waals surface area contributed by atoms with Crippen LogP contribution in [0.4, 0.5) is 11.4 Å². The van der Waals surface area contributed by atoms with E-state index >= 15 is 0 Å². The van der Waals surface area contributed by atoms with Crippen LogP contribution in [0, 0.1) is 22.5 Å². The van der Waals surface area contributed by atoms with Crippen LogP contribution in [0.25, 0.3) is 0 Å². The maximum absolute atomic E-state index is 11.8. The number of aryl methyl sites for hydroxylation is 1. The Balaban J connectivity index is 2.80. The topological polar surface area (TPSA) is 72.2 Å². The van der Waals surface area contributed by atoms with Crippen LogP contribution in [0.5, 0.6) is 0 Å². The third kappa shape index (κ3) is 4.16. The highest BCUT2D eigenvalue weighted by Crippen LogP contribution is 2.23. The highest BCUT2D eigenvalue weighted by Gasteiger charge is 2.17. The van der Waals surface area contributed by atoms with E-state index in [0.717, 1.165) is 0 Å². The molecule has 0 fully saturated rings. The predicted molar refractivity (Wildman–Crippen MR) is 70.5 cm³/mol. The van der Waals surface area contributed by atoms with Gasteiger partial charge in [-0.1, -0.05) is 20.8 Å². The summed E-state index contributed by atoms with van der Waals surface area (Å²) < 4.78 is 0. The molecule has 0 aromatic heterocycles. The van der Waals surface area contributed by atoms with Gasteiger partial charge in [0.25, 0.3) is 5.69 Å². The smallest absolute Gasteiger partial charge is 0.269 e. The fourth-order valence-electron chi connectivity index (χ4n) is 1.58. The number of nitro groups is 1. The van der Waals surface area contributed by atoms with Gasteiger partial charge in [-0.25, -0.2) is 0 Å². The first-order valence-electron chi connectivity index (χ1n) is 5.74. The summed E-state index contributed by atoms with van der Waals surface area (Å²) in [5, 5.41) is 13.4. The monoisotopic (exact) mass is 250 g/mol. The Morgan fingerprint density at radius 3 is 2.44 bits per heavy atom. The molecule has 0 radical (unpaired) electrons. The Kier molecular flexibility index (Phi) is 4.06. The second-order valence-electron chi connectivity index (χ2n) is 5.54. The molecule has 0 atom stereocenters. The highest BCUT2D eigenvalue weighted by atomic mass is 16.6. The van der Waals surface area contributed by atoms with E-state index in [-0.39, 0.29) is 17.0 Å². The van der Waals surface area contributed by atoms with Crippen molar-refractivity contribution in [2.24, 2.45) is 5.41 Å². The first-order valence-corrected chi connectivity index (χ1v) is 5.74. The van der Waals surface area contributed by atoms with Crippen molar-refractivity contribution in [3.8, 4) is 0 Å². The number of non-ortho nitro benzene ring substituents is 1. The number of nitro benzene ring substituents is 1. The Bertz CT molecular complexity index is 476. The predicted octanol–water partition coefficient (Wildman–Crippen LogP) is 3.28. The number of anilines is 1. The summed E-state index contributed by atoms with van der Waals surface area (Å²) in [5.41, 5.74) is 1.25. The number of hydrogen-bond donors (Lipinski definition) is 1. The second-order valence-corrected chi connectivity index (χ2v) is 5.54. The van der Waals surface area contributed by atoms with E-state index in [1.807, 2.05) is 20.8 Å². The van der Waals surface area contributed by atoms with Crippen molar-refractivity contribution in [2.45, 2.75) is 34.1 Å². The molecule has 5 heteroatoms. The van der Waals surface area contributed by atoms with Gasteiger partial charge in [0, 0.05) is 24.2 Å². The maximum atomic E-state index is 11.8. The highest BCUT2D eigenvalue weighted by molar-refractivity contribution is 5.92. The molecule has 1 N–H and O–H groups in total. The standard InChI is InChI=1S/C13H18N2O3/c1-9-7-10(15(17)18)5-6-11(9)14-12(16)8-13(2,3)4/h5-7H,8H2,1-4H3,(H,14,16). The molecule has 0 aliphatic rings. The van der Waals surface area contributed by atoms with Crippen LogP contribution in [-0.4, -0.2) is 10.8 Å². The van der Waals surface area contributed by atoms with E-state index in [1.54, 1.807) is 13.0 Å². The van der Waals surface area contributed by atoms with Crippen LogP contribution in [0.15, 0.2) is 18.2 Å². The van der Waals surface area contributed by atoms with Crippen molar-refractivity contribution in [2.75, 3.05) is 5.32 Å². The van der Waals surface area contributed by atoms with E-state index < -0.39 is 4.92 Å². The van der Waals surface area contributed by atoms with Crippen LogP contribution >= 0.6 is 0 Å². The molecule has 1 aromatic carbocycles. The SMILES string of the molecule is Cc1cc([N+](=O)[O-])ccc1NC(=O)CC(C)(C)C. The number of hydrogen-bond acceptors (Lipinski definition) is 3. The van der Waals surface area contributed by atoms with E-state index in [2.05, 4.69) is 5.32 Å². The van der Waals surface area contributed by atoms with Crippen molar-refractivity contribution >= 4 is 17.3 Å². The van der Waals surface area contributed by atoms with Gasteiger partial charge in [-0.3, -0.25) is 14.9 Å². The minimum absolute atomic E-state index is 0.0290. The summed E-state index contributed by atoms with van der Waals surface area (Å²) in [5.74, 6) is -0.0838. The van der Waals surface area contributed by atoms with Gasteiger partial charge in [0.1, 0.15) is 0 Å². The largest absolute Gasteiger partial charge is 0.326 e. The number of benzene rings is 1. The first kappa shape index (κ1) is 14.2. The Morgan fingerprint density at radius 1 is 1.39 bits per heavy atom. The lowest BCUT2D eigenvalue weighted by Crippen LogP contribution is -2.20. The minimum Gasteiger partial charge on any atom is -0.326 e. The summed E-state index contributed by atoms with van der Waals surface area (Å²) in [6.45, 7) is 7.68. The van der Waals surface area contributed by atoms with Gasteiger partial charge in [0.2, 0.25) is 5.91 Å². The molecule has 0 saturated carbocycles. The quantitative estimate of drug-likeness (QED) is 0.661. The van der Waals surface area contributed by atoms with Crippen molar-refractivity contribution in [3.05, 3.63) is 33.9 Å². The molecule has 1 rings (SSSR count). The van der Waals surface area contributed by atoms with Crippen LogP contribution in [0.1, 0.15) is 32.8 Å². The third-order valence-corrected chi connectivity index (χ3v) is 2.39. The minimum atomic E-state index is -0.451. The molecule has 18 heavy (non-hydrogen) atoms. The summed E-state index contributed by atoms with van der Waals surface area (Å²) in [7, 11) is 0. The van der Waals surface area contributed by atoms with Gasteiger partial charge >= 0.3 is 0 Å². The van der Waals surface area contributed by atoms with E-state index in [0.29, 0.717) is 17.7 Å². The Morgan fingerprint density at radius 2 is 2.00 bits per heavy atom. The number of rotatable bonds is 3. The van der Waals surface area contributed by atoms with E-state index in [4.69, 9.17) is 0 Å². The van der Waals surface area contributed by atoms with Gasteiger partial charge in [-0.15, -0.1) is 0 Å². The lowest BCUT2D eigenvalue weighted by molar-refractivity contribution is -0.384. The van der Waals surface area contributed by atoms with Crippen molar-refractivity contribution in [1.29, 1.82) is 0 Å². The fraction of sp³-hybridized carbons (Fsp3) is 0.462. The molecule has 0 heterocycles. The number of nitrogens with one attached hydrogen (secondary N) is 1. The molecule has 1 amide bonds. The lowest BCUT2D eigenvalue weighted by Gasteiger charge is -2.17. The summed E-state index contributed by atoms with van der Waals surface area (Å²) in [6.07, 6.45) is 0.406. The molecule has 0 unspecified atom stereocenters. The van der Waals surface area contributed by atoms with Crippen molar-refractivity contribution in [1.82, 2.24) is 0 Å². The number of amides is 1. The van der Waals surface area contributed by atoms with Crippen LogP contribution in [0.3, 0.4) is 0 Å². The second kappa shape index (κ2) is 5.16. The van der Waals surface area contributed by atoms with Crippen molar-refractivity contribution in [3.63, 3.8) is 0 Å². The maximum Gasteiger partial charge on any atom is 0.269 e. The Hall–Kier alpha value is -1.91. The van der Waals surface area contributed by atoms with Crippen LogP contribution in [-0.2, 0) is 4.79 Å². The number of carbonyl (C=O) groups excluding carboxylic acids is 1. The summed E-state index contributed by atoms with van der Waals surface area (Å²) in [6, 6.07) is 4.40. The molecule has 5 nitrogen and oxygen atoms in total. The van der Waals surface area contributed by atoms with Gasteiger partial charge in [0.05, 0.1) is 4.92 Å². The third-order valence-electron chi connectivity index (χ3n) is 2.39. The first-order chi connectivity index (χ1) is 8.19. The lowest BCUT2D eigenvalue weighted by atomic mass is 9.92. The Labute approximate surface area is 106 Å². The zero-order valence-corrected chi connectivity index (χ0v) is 11.1. The van der Waals surface area contributed by atoms with Crippen molar-refractivity contribution < 1.29 is 9.72 Å². The van der Waals surface area contributed by atoms with Crippen LogP contribution < -0.4 is 5.32 Å². The number of carbonyl (C=O) groups is 1. The summed E-state index contributed by atoms with van der Waals surface area (Å²) in [4.78, 5) is 21.9. The molecule has 98 valence electrons. The van der Waals surface area contributed by atoms with Gasteiger partial charge in [-0.05, 0) is 24.0 Å². The molecular weight excluding hydrogens is 232 g/mol.